The van der Waals surface area contributed by atoms with Crippen LogP contribution in [0.25, 0.3) is 0 Å². The van der Waals surface area contributed by atoms with Crippen LogP contribution in [0.1, 0.15) is 67.8 Å². The smallest absolute Gasteiger partial charge is 0.0587 e. The topological polar surface area (TPSA) is 12.0 Å². The van der Waals surface area contributed by atoms with Gasteiger partial charge in [-0.2, -0.15) is 11.3 Å². The Morgan fingerprint density at radius 2 is 1.71 bits per heavy atom. The van der Waals surface area contributed by atoms with E-state index in [4.69, 9.17) is 0 Å². The van der Waals surface area contributed by atoms with Gasteiger partial charge in [0, 0.05) is 0 Å². The molecule has 2 aromatic rings. The molecule has 1 aromatic heterocycles. The first-order valence-electron chi connectivity index (χ1n) is 8.03. The van der Waals surface area contributed by atoms with E-state index in [1.54, 1.807) is 11.3 Å². The third kappa shape index (κ3) is 3.96. The van der Waals surface area contributed by atoms with Crippen LogP contribution in [0, 0.1) is 6.92 Å². The zero-order valence-electron chi connectivity index (χ0n) is 13.6. The summed E-state index contributed by atoms with van der Waals surface area (Å²) >= 11 is 1.79. The maximum Gasteiger partial charge on any atom is 0.0587 e. The van der Waals surface area contributed by atoms with Gasteiger partial charge in [-0.1, -0.05) is 45.0 Å². The molecule has 1 nitrogen and oxygen atoms in total. The molecule has 0 amide bonds. The van der Waals surface area contributed by atoms with Crippen LogP contribution >= 0.6 is 11.3 Å². The largest absolute Gasteiger partial charge is 0.306 e. The number of hydrogen-bond acceptors (Lipinski definition) is 2. The van der Waals surface area contributed by atoms with Crippen LogP contribution in [-0.4, -0.2) is 6.54 Å². The van der Waals surface area contributed by atoms with Crippen LogP contribution in [0.2, 0.25) is 0 Å². The third-order valence-electron chi connectivity index (χ3n) is 4.26. The Balaban J connectivity index is 2.26. The Morgan fingerprint density at radius 3 is 2.24 bits per heavy atom. The lowest BCUT2D eigenvalue weighted by molar-refractivity contribution is 0.597. The number of benzene rings is 1. The van der Waals surface area contributed by atoms with Crippen LogP contribution in [0.5, 0.6) is 0 Å². The van der Waals surface area contributed by atoms with Gasteiger partial charge in [0.15, 0.2) is 0 Å². The normalized spacial score (nSPS) is 14.1. The second kappa shape index (κ2) is 7.77. The first kappa shape index (κ1) is 16.3. The van der Waals surface area contributed by atoms with Crippen LogP contribution < -0.4 is 5.32 Å². The number of rotatable bonds is 7. The molecule has 2 unspecified atom stereocenters. The molecule has 0 radical (unpaired) electrons. The number of hydrogen-bond donors (Lipinski definition) is 1. The summed E-state index contributed by atoms with van der Waals surface area (Å²) < 4.78 is 0. The first-order valence-corrected chi connectivity index (χ1v) is 8.97. The van der Waals surface area contributed by atoms with Crippen molar-refractivity contribution in [1.29, 1.82) is 0 Å². The van der Waals surface area contributed by atoms with Gasteiger partial charge in [-0.15, -0.1) is 0 Å². The minimum absolute atomic E-state index is 0.321. The summed E-state index contributed by atoms with van der Waals surface area (Å²) in [6.07, 6.45) is 2.35. The SMILES string of the molecule is CCCNC(c1ccc(C(C)CC)cc1)c1cscc1C. The Morgan fingerprint density at radius 1 is 1.05 bits per heavy atom. The molecule has 0 spiro atoms. The summed E-state index contributed by atoms with van der Waals surface area (Å²) in [5, 5.41) is 8.22. The molecule has 21 heavy (non-hydrogen) atoms. The minimum Gasteiger partial charge on any atom is -0.306 e. The summed E-state index contributed by atoms with van der Waals surface area (Å²) in [5.41, 5.74) is 5.62. The molecule has 1 N–H and O–H groups in total. The second-order valence-electron chi connectivity index (χ2n) is 5.87. The summed E-state index contributed by atoms with van der Waals surface area (Å²) in [5.74, 6) is 0.643. The van der Waals surface area contributed by atoms with Crippen LogP contribution in [0.15, 0.2) is 35.0 Å². The van der Waals surface area contributed by atoms with Crippen molar-refractivity contribution in [3.8, 4) is 0 Å². The van der Waals surface area contributed by atoms with Crippen molar-refractivity contribution in [3.63, 3.8) is 0 Å². The summed E-state index contributed by atoms with van der Waals surface area (Å²) in [4.78, 5) is 0. The van der Waals surface area contributed by atoms with Crippen molar-refractivity contribution in [2.24, 2.45) is 0 Å². The van der Waals surface area contributed by atoms with Crippen molar-refractivity contribution < 1.29 is 0 Å². The van der Waals surface area contributed by atoms with E-state index in [0.29, 0.717) is 12.0 Å². The fraction of sp³-hybridized carbons (Fsp3) is 0.474. The van der Waals surface area contributed by atoms with Gasteiger partial charge in [0.25, 0.3) is 0 Å². The van der Waals surface area contributed by atoms with Gasteiger partial charge in [-0.3, -0.25) is 0 Å². The lowest BCUT2D eigenvalue weighted by Crippen LogP contribution is -2.23. The maximum atomic E-state index is 3.70. The highest BCUT2D eigenvalue weighted by atomic mass is 32.1. The predicted octanol–water partition coefficient (Wildman–Crippen LogP) is 5.66. The van der Waals surface area contributed by atoms with Crippen molar-refractivity contribution in [1.82, 2.24) is 5.32 Å². The van der Waals surface area contributed by atoms with Gasteiger partial charge in [0.2, 0.25) is 0 Å². The van der Waals surface area contributed by atoms with Gasteiger partial charge in [-0.05, 0) is 65.2 Å². The molecule has 114 valence electrons. The van der Waals surface area contributed by atoms with Gasteiger partial charge >= 0.3 is 0 Å². The molecule has 0 saturated heterocycles. The molecule has 0 bridgehead atoms. The Kier molecular flexibility index (Phi) is 6.01. The zero-order chi connectivity index (χ0) is 15.2. The van der Waals surface area contributed by atoms with E-state index in [0.717, 1.165) is 13.0 Å². The molecule has 0 fully saturated rings. The van der Waals surface area contributed by atoms with Crippen molar-refractivity contribution in [2.75, 3.05) is 6.54 Å². The van der Waals surface area contributed by atoms with E-state index in [1.165, 1.54) is 28.7 Å². The molecule has 2 heteroatoms. The van der Waals surface area contributed by atoms with Crippen LogP contribution in [0.4, 0.5) is 0 Å². The lowest BCUT2D eigenvalue weighted by atomic mass is 9.93. The Labute approximate surface area is 133 Å². The van der Waals surface area contributed by atoms with Crippen molar-refractivity contribution in [2.45, 2.75) is 52.5 Å². The van der Waals surface area contributed by atoms with Gasteiger partial charge in [0.05, 0.1) is 6.04 Å². The van der Waals surface area contributed by atoms with Gasteiger partial charge < -0.3 is 5.32 Å². The molecule has 2 rings (SSSR count). The molecule has 2 atom stereocenters. The number of nitrogens with one attached hydrogen (secondary N) is 1. The highest BCUT2D eigenvalue weighted by Gasteiger charge is 2.16. The minimum atomic E-state index is 0.321. The molecule has 0 aliphatic rings. The van der Waals surface area contributed by atoms with E-state index in [-0.39, 0.29) is 0 Å². The molecule has 1 heterocycles. The molecule has 0 aliphatic carbocycles. The Hall–Kier alpha value is -1.12. The second-order valence-corrected chi connectivity index (χ2v) is 6.62. The fourth-order valence-corrected chi connectivity index (χ4v) is 3.49. The van der Waals surface area contributed by atoms with E-state index in [2.05, 4.69) is 68.0 Å². The standard InChI is InChI=1S/C19H27NS/c1-5-11-20-19(18-13-21-12-15(18)4)17-9-7-16(8-10-17)14(3)6-2/h7-10,12-14,19-20H,5-6,11H2,1-4H3. The zero-order valence-corrected chi connectivity index (χ0v) is 14.5. The van der Waals surface area contributed by atoms with Crippen LogP contribution in [-0.2, 0) is 0 Å². The molecule has 1 aromatic carbocycles. The maximum absolute atomic E-state index is 3.70. The monoisotopic (exact) mass is 301 g/mol. The van der Waals surface area contributed by atoms with E-state index in [9.17, 15) is 0 Å². The quantitative estimate of drug-likeness (QED) is 0.696. The fourth-order valence-electron chi connectivity index (χ4n) is 2.61. The average Bonchev–Trinajstić information content (AvgIpc) is 2.94. The lowest BCUT2D eigenvalue weighted by Gasteiger charge is -2.20. The van der Waals surface area contributed by atoms with Crippen molar-refractivity contribution in [3.05, 3.63) is 57.3 Å². The first-order chi connectivity index (χ1) is 10.2. The molecule has 0 saturated carbocycles. The third-order valence-corrected chi connectivity index (χ3v) is 5.14. The molecular weight excluding hydrogens is 274 g/mol. The van der Waals surface area contributed by atoms with E-state index in [1.807, 2.05) is 0 Å². The van der Waals surface area contributed by atoms with Crippen molar-refractivity contribution >= 4 is 11.3 Å². The number of aryl methyl sites for hydroxylation is 1. The number of thiophene rings is 1. The average molecular weight is 301 g/mol. The highest BCUT2D eigenvalue weighted by Crippen LogP contribution is 2.29. The highest BCUT2D eigenvalue weighted by molar-refractivity contribution is 7.08. The van der Waals surface area contributed by atoms with E-state index < -0.39 is 0 Å². The predicted molar refractivity (Wildman–Crippen MR) is 94.3 cm³/mol. The van der Waals surface area contributed by atoms with Crippen LogP contribution in [0.3, 0.4) is 0 Å². The summed E-state index contributed by atoms with van der Waals surface area (Å²) in [7, 11) is 0. The molecule has 0 aliphatic heterocycles. The Bertz CT molecular complexity index is 541. The summed E-state index contributed by atoms with van der Waals surface area (Å²) in [6.45, 7) is 10.0. The van der Waals surface area contributed by atoms with Gasteiger partial charge in [0.1, 0.15) is 0 Å². The molecular formula is C19H27NS. The van der Waals surface area contributed by atoms with E-state index >= 15 is 0 Å². The van der Waals surface area contributed by atoms with Gasteiger partial charge in [-0.25, -0.2) is 0 Å². The summed E-state index contributed by atoms with van der Waals surface area (Å²) in [6, 6.07) is 9.51.